The van der Waals surface area contributed by atoms with E-state index in [0.29, 0.717) is 11.6 Å². The van der Waals surface area contributed by atoms with Gasteiger partial charge in [0.25, 0.3) is 0 Å². The van der Waals surface area contributed by atoms with Gasteiger partial charge in [-0.25, -0.2) is 15.0 Å². The summed E-state index contributed by atoms with van der Waals surface area (Å²) in [5, 5.41) is 0. The molecule has 7 aromatic rings. The zero-order valence-corrected chi connectivity index (χ0v) is 29.3. The zero-order chi connectivity index (χ0) is 36.2. The Kier molecular flexibility index (Phi) is 8.71. The number of nitrogens with zero attached hydrogens (tertiary/aromatic N) is 4. The van der Waals surface area contributed by atoms with E-state index in [2.05, 4.69) is 130 Å². The van der Waals surface area contributed by atoms with Crippen molar-refractivity contribution >= 4 is 6.08 Å². The quantitative estimate of drug-likeness (QED) is 0.162. The van der Waals surface area contributed by atoms with Crippen molar-refractivity contribution in [3.8, 4) is 50.8 Å². The van der Waals surface area contributed by atoms with E-state index < -0.39 is 5.41 Å². The van der Waals surface area contributed by atoms with Crippen molar-refractivity contribution in [2.24, 2.45) is 0 Å². The van der Waals surface area contributed by atoms with Gasteiger partial charge in [0.1, 0.15) is 12.1 Å². The minimum Gasteiger partial charge on any atom is -0.465 e. The van der Waals surface area contributed by atoms with Gasteiger partial charge in [0.05, 0.1) is 11.7 Å². The number of allylic oxidation sites excluding steroid dienone is 8. The molecule has 0 radical (unpaired) electrons. The Morgan fingerprint density at radius 2 is 1.24 bits per heavy atom. The number of aromatic nitrogens is 4. The van der Waals surface area contributed by atoms with Crippen LogP contribution in [0, 0.1) is 0 Å². The van der Waals surface area contributed by atoms with Gasteiger partial charge in [0.15, 0.2) is 11.6 Å². The molecule has 5 aromatic carbocycles. The summed E-state index contributed by atoms with van der Waals surface area (Å²) >= 11 is 0. The minimum absolute atomic E-state index is 0.573. The van der Waals surface area contributed by atoms with E-state index in [0.717, 1.165) is 44.7 Å². The van der Waals surface area contributed by atoms with Crippen LogP contribution in [0.4, 0.5) is 0 Å². The highest BCUT2D eigenvalue weighted by Crippen LogP contribution is 2.55. The van der Waals surface area contributed by atoms with Crippen LogP contribution in [0.1, 0.15) is 22.3 Å². The third-order valence-electron chi connectivity index (χ3n) is 9.94. The maximum Gasteiger partial charge on any atom is 0.163 e. The number of hydrogen-bond acceptors (Lipinski definition) is 5. The summed E-state index contributed by atoms with van der Waals surface area (Å²) in [5.41, 5.74) is 11.4. The molecule has 3 heterocycles. The van der Waals surface area contributed by atoms with Gasteiger partial charge in [0.2, 0.25) is 0 Å². The van der Waals surface area contributed by atoms with E-state index in [9.17, 15) is 0 Å². The second-order valence-corrected chi connectivity index (χ2v) is 13.1. The third kappa shape index (κ3) is 6.18. The zero-order valence-electron chi connectivity index (χ0n) is 29.3. The van der Waals surface area contributed by atoms with E-state index in [1.807, 2.05) is 73.0 Å². The van der Waals surface area contributed by atoms with Crippen LogP contribution >= 0.6 is 0 Å². The normalized spacial score (nSPS) is 15.2. The lowest BCUT2D eigenvalue weighted by molar-refractivity contribution is 0.469. The number of pyridine rings is 1. The molecule has 1 aliphatic carbocycles. The molecule has 2 aromatic heterocycles. The fourth-order valence-corrected chi connectivity index (χ4v) is 7.39. The summed E-state index contributed by atoms with van der Waals surface area (Å²) in [7, 11) is 0. The van der Waals surface area contributed by atoms with Crippen molar-refractivity contribution < 1.29 is 4.74 Å². The van der Waals surface area contributed by atoms with Crippen LogP contribution in [-0.4, -0.2) is 19.9 Å². The van der Waals surface area contributed by atoms with Crippen molar-refractivity contribution in [1.29, 1.82) is 0 Å². The van der Waals surface area contributed by atoms with Crippen molar-refractivity contribution in [2.75, 3.05) is 0 Å². The van der Waals surface area contributed by atoms with E-state index in [-0.39, 0.29) is 0 Å². The van der Waals surface area contributed by atoms with E-state index in [4.69, 9.17) is 9.72 Å². The highest BCUT2D eigenvalue weighted by Gasteiger charge is 2.44. The van der Waals surface area contributed by atoms with Gasteiger partial charge in [-0.1, -0.05) is 164 Å². The van der Waals surface area contributed by atoms with Crippen LogP contribution in [0.15, 0.2) is 207 Å². The van der Waals surface area contributed by atoms with Crippen molar-refractivity contribution in [3.63, 3.8) is 0 Å². The first kappa shape index (κ1) is 32.7. The molecular formula is C49H34N4O. The topological polar surface area (TPSA) is 60.8 Å². The van der Waals surface area contributed by atoms with Gasteiger partial charge < -0.3 is 4.74 Å². The lowest BCUT2D eigenvalue weighted by Crippen LogP contribution is -2.25. The van der Waals surface area contributed by atoms with Gasteiger partial charge in [-0.15, -0.1) is 0 Å². The first-order valence-corrected chi connectivity index (χ1v) is 17.9. The standard InChI is InChI=1S/C49H34N4O/c1-2-16-38(17-3-1)47-51-34-52-48(53-47)39-24-22-37(23-25-39)40-26-27-45-46(32-40)54-31-28-35(12-4-5-13-36-15-11-30-50-33-36)14-10-29-49(45)43-20-8-6-18-41(43)42-19-7-9-21-44(42)49/h1-34H/b12-4+,13-5-,29-10+,31-28+,35-14?. The second-order valence-electron chi connectivity index (χ2n) is 13.1. The first-order valence-electron chi connectivity index (χ1n) is 17.9. The highest BCUT2D eigenvalue weighted by molar-refractivity contribution is 5.86. The summed E-state index contributed by atoms with van der Waals surface area (Å²) in [4.78, 5) is 17.8. The van der Waals surface area contributed by atoms with Crippen LogP contribution < -0.4 is 4.74 Å². The summed E-state index contributed by atoms with van der Waals surface area (Å²) in [6, 6.07) is 46.3. The summed E-state index contributed by atoms with van der Waals surface area (Å²) in [5.74, 6) is 2.07. The molecule has 0 amide bonds. The summed E-state index contributed by atoms with van der Waals surface area (Å²) in [6.07, 6.45) is 23.8. The Hall–Kier alpha value is -7.24. The number of rotatable bonds is 6. The highest BCUT2D eigenvalue weighted by atomic mass is 16.5. The monoisotopic (exact) mass is 694 g/mol. The molecule has 0 bridgehead atoms. The average Bonchev–Trinajstić information content (AvgIpc) is 3.53. The number of ether oxygens (including phenoxy) is 1. The molecule has 0 fully saturated rings. The van der Waals surface area contributed by atoms with Crippen LogP contribution in [0.2, 0.25) is 0 Å². The molecule has 0 atom stereocenters. The average molecular weight is 695 g/mol. The third-order valence-corrected chi connectivity index (χ3v) is 9.94. The van der Waals surface area contributed by atoms with Crippen LogP contribution in [0.3, 0.4) is 0 Å². The van der Waals surface area contributed by atoms with Gasteiger partial charge in [-0.2, -0.15) is 0 Å². The SMILES string of the molecule is C1=C(/C=C/C=C\c2cccnc2)/C=C/Oc2cc(-c3ccc(-c4ncnc(-c5ccccc5)n4)cc3)ccc2C2(/C=C/1)c1ccccc1-c1ccccc12. The number of fused-ring (bicyclic) bond motifs is 7. The van der Waals surface area contributed by atoms with Crippen molar-refractivity contribution in [1.82, 2.24) is 19.9 Å². The number of hydrogen-bond donors (Lipinski definition) is 0. The Morgan fingerprint density at radius 3 is 1.98 bits per heavy atom. The van der Waals surface area contributed by atoms with Gasteiger partial charge >= 0.3 is 0 Å². The maximum absolute atomic E-state index is 6.65. The van der Waals surface area contributed by atoms with Gasteiger partial charge in [-0.3, -0.25) is 4.98 Å². The lowest BCUT2D eigenvalue weighted by Gasteiger charge is -2.31. The second kappa shape index (κ2) is 14.4. The van der Waals surface area contributed by atoms with Gasteiger partial charge in [-0.05, 0) is 62.7 Å². The smallest absolute Gasteiger partial charge is 0.163 e. The molecule has 256 valence electrons. The molecule has 0 N–H and O–H groups in total. The molecule has 0 saturated heterocycles. The molecule has 9 rings (SSSR count). The van der Waals surface area contributed by atoms with Crippen molar-refractivity contribution in [2.45, 2.75) is 5.41 Å². The fourth-order valence-electron chi connectivity index (χ4n) is 7.39. The summed E-state index contributed by atoms with van der Waals surface area (Å²) < 4.78 is 6.65. The predicted octanol–water partition coefficient (Wildman–Crippen LogP) is 11.2. The molecular weight excluding hydrogens is 661 g/mol. The minimum atomic E-state index is -0.573. The summed E-state index contributed by atoms with van der Waals surface area (Å²) in [6.45, 7) is 0. The Labute approximate surface area is 314 Å². The largest absolute Gasteiger partial charge is 0.465 e. The molecule has 2 aliphatic rings. The molecule has 0 unspecified atom stereocenters. The lowest BCUT2D eigenvalue weighted by atomic mass is 9.71. The molecule has 1 spiro atoms. The fraction of sp³-hybridized carbons (Fsp3) is 0.0204. The Balaban J connectivity index is 1.11. The Bertz CT molecular complexity index is 2570. The molecule has 5 nitrogen and oxygen atoms in total. The molecule has 1 aliphatic heterocycles. The van der Waals surface area contributed by atoms with Crippen LogP contribution in [0.5, 0.6) is 5.75 Å². The van der Waals surface area contributed by atoms with E-state index in [1.54, 1.807) is 18.8 Å². The number of benzene rings is 5. The van der Waals surface area contributed by atoms with E-state index >= 15 is 0 Å². The molecule has 0 saturated carbocycles. The van der Waals surface area contributed by atoms with Gasteiger partial charge in [0, 0.05) is 29.1 Å². The molecule has 5 heteroatoms. The van der Waals surface area contributed by atoms with Crippen molar-refractivity contribution in [3.05, 3.63) is 229 Å². The first-order chi connectivity index (χ1) is 26.8. The van der Waals surface area contributed by atoms with Crippen LogP contribution in [0.25, 0.3) is 51.1 Å². The maximum atomic E-state index is 6.65. The molecule has 54 heavy (non-hydrogen) atoms. The van der Waals surface area contributed by atoms with E-state index in [1.165, 1.54) is 22.3 Å². The Morgan fingerprint density at radius 1 is 0.574 bits per heavy atom. The van der Waals surface area contributed by atoms with Crippen LogP contribution in [-0.2, 0) is 5.41 Å². The predicted molar refractivity (Wildman–Crippen MR) is 217 cm³/mol.